The van der Waals surface area contributed by atoms with Crippen LogP contribution in [0.15, 0.2) is 84.2 Å². The number of carbonyl (C=O) groups is 2. The predicted molar refractivity (Wildman–Crippen MR) is 120 cm³/mol. The van der Waals surface area contributed by atoms with Crippen molar-refractivity contribution in [3.8, 4) is 10.6 Å². The first-order valence-electron chi connectivity index (χ1n) is 9.59. The molecule has 4 nitrogen and oxygen atoms in total. The van der Waals surface area contributed by atoms with Crippen molar-refractivity contribution in [3.63, 3.8) is 0 Å². The van der Waals surface area contributed by atoms with Crippen LogP contribution in [-0.4, -0.2) is 16.7 Å². The van der Waals surface area contributed by atoms with Gasteiger partial charge in [-0.05, 0) is 30.7 Å². The number of aromatic nitrogens is 1. The summed E-state index contributed by atoms with van der Waals surface area (Å²) in [6, 6.07) is 23.9. The molecule has 0 aliphatic heterocycles. The summed E-state index contributed by atoms with van der Waals surface area (Å²) in [5.41, 5.74) is 4.76. The van der Waals surface area contributed by atoms with Crippen molar-refractivity contribution in [1.82, 2.24) is 10.3 Å². The second-order valence-corrected chi connectivity index (χ2v) is 7.81. The van der Waals surface area contributed by atoms with Crippen LogP contribution in [0.1, 0.15) is 37.5 Å². The lowest BCUT2D eigenvalue weighted by Gasteiger charge is -2.08. The first-order chi connectivity index (χ1) is 14.6. The fraction of sp³-hybridized carbons (Fsp3) is 0.0800. The molecule has 0 saturated heterocycles. The third-order valence-corrected chi connectivity index (χ3v) is 5.70. The normalized spacial score (nSPS) is 10.6. The number of thiazole rings is 1. The summed E-state index contributed by atoms with van der Waals surface area (Å²) in [6.45, 7) is 2.39. The van der Waals surface area contributed by atoms with E-state index in [-0.39, 0.29) is 11.7 Å². The van der Waals surface area contributed by atoms with Crippen LogP contribution in [0.5, 0.6) is 0 Å². The Bertz CT molecular complexity index is 1180. The van der Waals surface area contributed by atoms with Gasteiger partial charge in [-0.25, -0.2) is 4.98 Å². The van der Waals surface area contributed by atoms with Crippen molar-refractivity contribution in [3.05, 3.63) is 112 Å². The Hall–Kier alpha value is -3.57. The van der Waals surface area contributed by atoms with E-state index < -0.39 is 0 Å². The van der Waals surface area contributed by atoms with Crippen LogP contribution in [0.25, 0.3) is 10.6 Å². The zero-order valence-electron chi connectivity index (χ0n) is 16.5. The Morgan fingerprint density at radius 3 is 2.27 bits per heavy atom. The maximum absolute atomic E-state index is 12.5. The molecule has 0 fully saturated rings. The van der Waals surface area contributed by atoms with Gasteiger partial charge in [0.15, 0.2) is 5.78 Å². The van der Waals surface area contributed by atoms with Gasteiger partial charge in [0.1, 0.15) is 5.01 Å². The van der Waals surface area contributed by atoms with Crippen molar-refractivity contribution in [1.29, 1.82) is 0 Å². The van der Waals surface area contributed by atoms with Crippen molar-refractivity contribution in [2.45, 2.75) is 13.5 Å². The molecule has 5 heteroatoms. The largest absolute Gasteiger partial charge is 0.348 e. The molecule has 1 amide bonds. The van der Waals surface area contributed by atoms with Gasteiger partial charge < -0.3 is 5.32 Å². The van der Waals surface area contributed by atoms with E-state index in [9.17, 15) is 9.59 Å². The van der Waals surface area contributed by atoms with Gasteiger partial charge in [-0.3, -0.25) is 9.59 Å². The third kappa shape index (κ3) is 4.53. The highest BCUT2D eigenvalue weighted by Gasteiger charge is 2.11. The van der Waals surface area contributed by atoms with Crippen LogP contribution >= 0.6 is 11.3 Å². The summed E-state index contributed by atoms with van der Waals surface area (Å²) in [4.78, 5) is 29.5. The lowest BCUT2D eigenvalue weighted by atomic mass is 10.0. The van der Waals surface area contributed by atoms with Gasteiger partial charge in [0.25, 0.3) is 5.91 Å². The van der Waals surface area contributed by atoms with Gasteiger partial charge in [-0.15, -0.1) is 11.3 Å². The maximum Gasteiger partial charge on any atom is 0.251 e. The molecular formula is C25H20N2O2S. The van der Waals surface area contributed by atoms with Crippen molar-refractivity contribution < 1.29 is 9.59 Å². The Kier molecular flexibility index (Phi) is 5.82. The SMILES string of the molecule is Cc1csc(-c2cccc(CNC(=O)c3ccc(C(=O)c4ccccc4)cc3)c2)n1. The fourth-order valence-corrected chi connectivity index (χ4v) is 3.91. The van der Waals surface area contributed by atoms with Crippen LogP contribution in [-0.2, 0) is 6.54 Å². The Morgan fingerprint density at radius 1 is 0.867 bits per heavy atom. The lowest BCUT2D eigenvalue weighted by molar-refractivity contribution is 0.0949. The topological polar surface area (TPSA) is 59.1 Å². The van der Waals surface area contributed by atoms with E-state index >= 15 is 0 Å². The highest BCUT2D eigenvalue weighted by Crippen LogP contribution is 2.24. The van der Waals surface area contributed by atoms with Gasteiger partial charge in [-0.2, -0.15) is 0 Å². The summed E-state index contributed by atoms with van der Waals surface area (Å²) >= 11 is 1.61. The number of benzene rings is 3. The summed E-state index contributed by atoms with van der Waals surface area (Å²) in [5, 5.41) is 5.93. The number of nitrogens with one attached hydrogen (secondary N) is 1. The zero-order valence-corrected chi connectivity index (χ0v) is 17.3. The molecule has 1 N–H and O–H groups in total. The summed E-state index contributed by atoms with van der Waals surface area (Å²) in [5.74, 6) is -0.235. The predicted octanol–water partition coefficient (Wildman–Crippen LogP) is 5.28. The van der Waals surface area contributed by atoms with E-state index in [1.165, 1.54) is 0 Å². The van der Waals surface area contributed by atoms with E-state index in [0.29, 0.717) is 23.2 Å². The molecule has 0 aliphatic carbocycles. The summed E-state index contributed by atoms with van der Waals surface area (Å²) < 4.78 is 0. The van der Waals surface area contributed by atoms with Gasteiger partial charge >= 0.3 is 0 Å². The average molecular weight is 413 g/mol. The Balaban J connectivity index is 1.40. The van der Waals surface area contributed by atoms with Crippen LogP contribution in [0.3, 0.4) is 0 Å². The van der Waals surface area contributed by atoms with E-state index in [2.05, 4.69) is 10.3 Å². The highest BCUT2D eigenvalue weighted by atomic mass is 32.1. The number of nitrogens with zero attached hydrogens (tertiary/aromatic N) is 1. The quantitative estimate of drug-likeness (QED) is 0.438. The minimum atomic E-state index is -0.177. The molecule has 0 spiro atoms. The molecule has 0 aliphatic rings. The molecule has 30 heavy (non-hydrogen) atoms. The molecular weight excluding hydrogens is 392 g/mol. The third-order valence-electron chi connectivity index (χ3n) is 4.69. The molecule has 0 atom stereocenters. The van der Waals surface area contributed by atoms with E-state index in [0.717, 1.165) is 21.8 Å². The Morgan fingerprint density at radius 2 is 1.57 bits per heavy atom. The molecule has 0 bridgehead atoms. The van der Waals surface area contributed by atoms with Crippen molar-refractivity contribution >= 4 is 23.0 Å². The molecule has 0 unspecified atom stereocenters. The molecule has 4 aromatic rings. The smallest absolute Gasteiger partial charge is 0.251 e. The number of rotatable bonds is 6. The summed E-state index contributed by atoms with van der Waals surface area (Å²) in [6.07, 6.45) is 0. The minimum Gasteiger partial charge on any atom is -0.348 e. The molecule has 148 valence electrons. The number of amides is 1. The van der Waals surface area contributed by atoms with Crippen LogP contribution < -0.4 is 5.32 Å². The number of hydrogen-bond acceptors (Lipinski definition) is 4. The standard InChI is InChI=1S/C25H20N2O2S/c1-17-16-30-25(27-17)22-9-5-6-18(14-22)15-26-24(29)21-12-10-20(11-13-21)23(28)19-7-3-2-4-8-19/h2-14,16H,15H2,1H3,(H,26,29). The lowest BCUT2D eigenvalue weighted by Crippen LogP contribution is -2.22. The second-order valence-electron chi connectivity index (χ2n) is 6.95. The minimum absolute atomic E-state index is 0.0585. The van der Waals surface area contributed by atoms with E-state index in [1.54, 1.807) is 47.7 Å². The highest BCUT2D eigenvalue weighted by molar-refractivity contribution is 7.13. The van der Waals surface area contributed by atoms with Crippen molar-refractivity contribution in [2.24, 2.45) is 0 Å². The van der Waals surface area contributed by atoms with Gasteiger partial charge in [-0.1, -0.05) is 60.7 Å². The number of carbonyl (C=O) groups excluding carboxylic acids is 2. The summed E-state index contributed by atoms with van der Waals surface area (Å²) in [7, 11) is 0. The fourth-order valence-electron chi connectivity index (χ4n) is 3.11. The van der Waals surface area contributed by atoms with Gasteiger partial charge in [0.05, 0.1) is 0 Å². The van der Waals surface area contributed by atoms with E-state index in [4.69, 9.17) is 0 Å². The molecule has 3 aromatic carbocycles. The van der Waals surface area contributed by atoms with Gasteiger partial charge in [0, 0.05) is 39.9 Å². The molecule has 1 aromatic heterocycles. The monoisotopic (exact) mass is 412 g/mol. The van der Waals surface area contributed by atoms with Crippen LogP contribution in [0.4, 0.5) is 0 Å². The van der Waals surface area contributed by atoms with Gasteiger partial charge in [0.2, 0.25) is 0 Å². The second kappa shape index (κ2) is 8.84. The average Bonchev–Trinajstić information content (AvgIpc) is 3.24. The van der Waals surface area contributed by atoms with Crippen LogP contribution in [0, 0.1) is 6.92 Å². The molecule has 1 heterocycles. The molecule has 4 rings (SSSR count). The maximum atomic E-state index is 12.5. The van der Waals surface area contributed by atoms with Crippen molar-refractivity contribution in [2.75, 3.05) is 0 Å². The molecule has 0 radical (unpaired) electrons. The van der Waals surface area contributed by atoms with Crippen LogP contribution in [0.2, 0.25) is 0 Å². The van der Waals surface area contributed by atoms with E-state index in [1.807, 2.05) is 54.8 Å². The zero-order chi connectivity index (χ0) is 20.9. The molecule has 0 saturated carbocycles. The number of ketones is 1. The first kappa shape index (κ1) is 19.7. The number of hydrogen-bond donors (Lipinski definition) is 1. The Labute approximate surface area is 179 Å². The first-order valence-corrected chi connectivity index (χ1v) is 10.5. The number of aryl methyl sites for hydroxylation is 1.